The number of carbonyl (C=O) groups excluding carboxylic acids is 1. The van der Waals surface area contributed by atoms with Crippen LogP contribution in [0.2, 0.25) is 5.02 Å². The zero-order valence-electron chi connectivity index (χ0n) is 19.1. The van der Waals surface area contributed by atoms with E-state index < -0.39 is 21.8 Å². The van der Waals surface area contributed by atoms with Crippen LogP contribution in [-0.2, 0) is 14.8 Å². The predicted molar refractivity (Wildman–Crippen MR) is 128 cm³/mol. The van der Waals surface area contributed by atoms with E-state index in [4.69, 9.17) is 21.1 Å². The van der Waals surface area contributed by atoms with E-state index in [9.17, 15) is 17.6 Å². The minimum atomic E-state index is -3.74. The summed E-state index contributed by atoms with van der Waals surface area (Å²) >= 11 is 5.94. The molecular formula is C24H25ClFN3O5S. The number of sulfonamides is 1. The summed E-state index contributed by atoms with van der Waals surface area (Å²) in [4.78, 5) is 15.2. The van der Waals surface area contributed by atoms with Crippen LogP contribution < -0.4 is 14.8 Å². The molecule has 2 aromatic carbocycles. The molecule has 0 saturated heterocycles. The molecule has 1 amide bonds. The number of hydrogen-bond donors (Lipinski definition) is 1. The maximum atomic E-state index is 13.6. The van der Waals surface area contributed by atoms with Gasteiger partial charge in [0.2, 0.25) is 15.9 Å². The molecule has 11 heteroatoms. The molecule has 0 saturated carbocycles. The van der Waals surface area contributed by atoms with Crippen LogP contribution in [0, 0.1) is 5.82 Å². The van der Waals surface area contributed by atoms with Crippen molar-refractivity contribution in [2.75, 3.05) is 53.0 Å². The Morgan fingerprint density at radius 2 is 1.74 bits per heavy atom. The van der Waals surface area contributed by atoms with Crippen LogP contribution in [0.5, 0.6) is 11.5 Å². The Kier molecular flexibility index (Phi) is 6.47. The number of nitrogens with one attached hydrogen (secondary N) is 1. The molecule has 0 bridgehead atoms. The maximum Gasteiger partial charge on any atom is 0.243 e. The highest BCUT2D eigenvalue weighted by Gasteiger charge is 2.39. The quantitative estimate of drug-likeness (QED) is 0.587. The zero-order valence-corrected chi connectivity index (χ0v) is 20.7. The van der Waals surface area contributed by atoms with Gasteiger partial charge in [-0.05, 0) is 48.0 Å². The number of halogens is 2. The number of rotatable bonds is 6. The van der Waals surface area contributed by atoms with Crippen molar-refractivity contribution >= 4 is 27.5 Å². The van der Waals surface area contributed by atoms with Crippen LogP contribution in [0.15, 0.2) is 52.4 Å². The third kappa shape index (κ3) is 4.51. The van der Waals surface area contributed by atoms with Crippen molar-refractivity contribution in [3.05, 3.63) is 63.9 Å². The Morgan fingerprint density at radius 1 is 1.06 bits per heavy atom. The fourth-order valence-corrected chi connectivity index (χ4v) is 6.34. The van der Waals surface area contributed by atoms with Crippen molar-refractivity contribution in [2.24, 2.45) is 0 Å². The highest BCUT2D eigenvalue weighted by molar-refractivity contribution is 7.89. The van der Waals surface area contributed by atoms with E-state index >= 15 is 0 Å². The summed E-state index contributed by atoms with van der Waals surface area (Å²) in [6.07, 6.45) is 0. The van der Waals surface area contributed by atoms with E-state index in [2.05, 4.69) is 5.32 Å². The molecule has 2 aromatic rings. The highest BCUT2D eigenvalue weighted by Crippen LogP contribution is 2.36. The summed E-state index contributed by atoms with van der Waals surface area (Å²) < 4.78 is 52.6. The molecule has 1 N–H and O–H groups in total. The van der Waals surface area contributed by atoms with Crippen LogP contribution in [0.4, 0.5) is 4.39 Å². The lowest BCUT2D eigenvalue weighted by molar-refractivity contribution is -0.131. The van der Waals surface area contributed by atoms with Crippen LogP contribution in [0.3, 0.4) is 0 Å². The second kappa shape index (κ2) is 9.42. The van der Waals surface area contributed by atoms with Crippen molar-refractivity contribution in [1.29, 1.82) is 0 Å². The van der Waals surface area contributed by atoms with Gasteiger partial charge in [0.1, 0.15) is 19.0 Å². The maximum absolute atomic E-state index is 13.6. The van der Waals surface area contributed by atoms with E-state index in [1.165, 1.54) is 28.6 Å². The normalized spacial score (nSPS) is 18.7. The van der Waals surface area contributed by atoms with E-state index in [-0.39, 0.29) is 28.9 Å². The monoisotopic (exact) mass is 521 g/mol. The molecule has 3 aliphatic heterocycles. The standard InChI is InChI=1S/C24H25ClFN3O5S/c1-27-10-19(15-2-4-21(26)20(25)8-15)24(30)28-11-16-13-29(14-17(16)12-28)35(31,32)18-3-5-22-23(9-18)34-7-6-33-22/h2-5,8-9,19,27H,6-7,10-14H2,1H3/t19-/m0/s1. The van der Waals surface area contributed by atoms with E-state index in [1.807, 2.05) is 0 Å². The average Bonchev–Trinajstić information content (AvgIpc) is 3.44. The van der Waals surface area contributed by atoms with Gasteiger partial charge in [0.05, 0.1) is 15.8 Å². The summed E-state index contributed by atoms with van der Waals surface area (Å²) in [5.74, 6) is -0.226. The molecule has 8 nitrogen and oxygen atoms in total. The average molecular weight is 522 g/mol. The first-order valence-corrected chi connectivity index (χ1v) is 13.1. The zero-order chi connectivity index (χ0) is 24.7. The molecule has 1 atom stereocenters. The third-order valence-corrected chi connectivity index (χ3v) is 8.59. The number of nitrogens with zero attached hydrogens (tertiary/aromatic N) is 2. The lowest BCUT2D eigenvalue weighted by Crippen LogP contribution is -2.40. The van der Waals surface area contributed by atoms with Crippen molar-refractivity contribution < 1.29 is 27.1 Å². The van der Waals surface area contributed by atoms with Gasteiger partial charge in [-0.2, -0.15) is 4.31 Å². The van der Waals surface area contributed by atoms with Gasteiger partial charge in [0, 0.05) is 38.8 Å². The summed E-state index contributed by atoms with van der Waals surface area (Å²) in [7, 11) is -1.99. The molecule has 0 aliphatic carbocycles. The SMILES string of the molecule is CNC[C@H](C(=O)N1CC2=C(C1)CN(S(=O)(=O)c1ccc3c(c1)OCCO3)C2)c1ccc(F)c(Cl)c1. The Bertz CT molecular complexity index is 1300. The van der Waals surface area contributed by atoms with Crippen LogP contribution in [0.25, 0.3) is 0 Å². The Balaban J connectivity index is 1.28. The number of ether oxygens (including phenoxy) is 2. The molecule has 186 valence electrons. The molecule has 0 unspecified atom stereocenters. The largest absolute Gasteiger partial charge is 0.486 e. The summed E-state index contributed by atoms with van der Waals surface area (Å²) in [6, 6.07) is 8.95. The summed E-state index contributed by atoms with van der Waals surface area (Å²) in [6.45, 7) is 2.35. The van der Waals surface area contributed by atoms with Gasteiger partial charge in [-0.1, -0.05) is 17.7 Å². The summed E-state index contributed by atoms with van der Waals surface area (Å²) in [5, 5.41) is 2.99. The van der Waals surface area contributed by atoms with Gasteiger partial charge in [0.15, 0.2) is 11.5 Å². The molecule has 35 heavy (non-hydrogen) atoms. The smallest absolute Gasteiger partial charge is 0.243 e. The fraction of sp³-hybridized carbons (Fsp3) is 0.375. The predicted octanol–water partition coefficient (Wildman–Crippen LogP) is 2.40. The molecule has 0 aromatic heterocycles. The number of fused-ring (bicyclic) bond motifs is 1. The number of carbonyl (C=O) groups is 1. The fourth-order valence-electron chi connectivity index (χ4n) is 4.71. The van der Waals surface area contributed by atoms with Gasteiger partial charge in [-0.15, -0.1) is 0 Å². The van der Waals surface area contributed by atoms with Gasteiger partial charge >= 0.3 is 0 Å². The Hall–Kier alpha value is -2.66. The lowest BCUT2D eigenvalue weighted by Gasteiger charge is -2.27. The van der Waals surface area contributed by atoms with Gasteiger partial charge < -0.3 is 19.7 Å². The molecule has 0 spiro atoms. The van der Waals surface area contributed by atoms with Crippen molar-refractivity contribution in [2.45, 2.75) is 10.8 Å². The molecule has 5 rings (SSSR count). The Morgan fingerprint density at radius 3 is 2.40 bits per heavy atom. The number of amides is 1. The number of hydrogen-bond acceptors (Lipinski definition) is 6. The van der Waals surface area contributed by atoms with Crippen molar-refractivity contribution in [3.63, 3.8) is 0 Å². The first kappa shape index (κ1) is 24.1. The van der Waals surface area contributed by atoms with Gasteiger partial charge in [-0.25, -0.2) is 12.8 Å². The molecular weight excluding hydrogens is 497 g/mol. The Labute approximate surface area is 208 Å². The first-order valence-electron chi connectivity index (χ1n) is 11.3. The highest BCUT2D eigenvalue weighted by atomic mass is 35.5. The van der Waals surface area contributed by atoms with Crippen molar-refractivity contribution in [1.82, 2.24) is 14.5 Å². The van der Waals surface area contributed by atoms with E-state index in [0.29, 0.717) is 49.9 Å². The lowest BCUT2D eigenvalue weighted by atomic mass is 9.97. The van der Waals surface area contributed by atoms with Gasteiger partial charge in [-0.3, -0.25) is 4.79 Å². The summed E-state index contributed by atoms with van der Waals surface area (Å²) in [5.41, 5.74) is 2.49. The van der Waals surface area contributed by atoms with Gasteiger partial charge in [0.25, 0.3) is 0 Å². The molecule has 3 heterocycles. The van der Waals surface area contributed by atoms with Crippen LogP contribution >= 0.6 is 11.6 Å². The second-order valence-electron chi connectivity index (χ2n) is 8.76. The van der Waals surface area contributed by atoms with E-state index in [1.54, 1.807) is 24.1 Å². The molecule has 0 fully saturated rings. The minimum absolute atomic E-state index is 0.0292. The van der Waals surface area contributed by atoms with Crippen molar-refractivity contribution in [3.8, 4) is 11.5 Å². The third-order valence-electron chi connectivity index (χ3n) is 6.51. The molecule has 3 aliphatic rings. The first-order chi connectivity index (χ1) is 16.8. The van der Waals surface area contributed by atoms with Crippen LogP contribution in [0.1, 0.15) is 11.5 Å². The molecule has 0 radical (unpaired) electrons. The van der Waals surface area contributed by atoms with Crippen LogP contribution in [-0.4, -0.2) is 76.5 Å². The number of benzene rings is 2. The second-order valence-corrected chi connectivity index (χ2v) is 11.1. The van der Waals surface area contributed by atoms with E-state index in [0.717, 1.165) is 11.1 Å². The minimum Gasteiger partial charge on any atom is -0.486 e. The topological polar surface area (TPSA) is 88.2 Å². The number of likely N-dealkylation sites (N-methyl/N-ethyl adjacent to an activating group) is 1.